The van der Waals surface area contributed by atoms with Gasteiger partial charge < -0.3 is 25.0 Å². The molecule has 1 aliphatic heterocycles. The highest BCUT2D eigenvalue weighted by Crippen LogP contribution is 2.39. The number of rotatable bonds is 7. The summed E-state index contributed by atoms with van der Waals surface area (Å²) in [5.74, 6) is 2.21. The average molecular weight is 486 g/mol. The molecule has 0 saturated carbocycles. The summed E-state index contributed by atoms with van der Waals surface area (Å²) in [5, 5.41) is 17.1. The zero-order valence-corrected chi connectivity index (χ0v) is 20.4. The Morgan fingerprint density at radius 3 is 2.97 bits per heavy atom. The fraction of sp³-hybridized carbons (Fsp3) is 0.280. The first-order chi connectivity index (χ1) is 17.6. The van der Waals surface area contributed by atoms with Crippen LogP contribution in [0.4, 0.5) is 11.5 Å². The Morgan fingerprint density at radius 1 is 1.19 bits per heavy atom. The largest absolute Gasteiger partial charge is 0.494 e. The van der Waals surface area contributed by atoms with Gasteiger partial charge in [0.05, 0.1) is 41.2 Å². The SMILES string of the molecule is COc1cc2c(cc1-n1nc(NCCN(C)C)c3cnc(-c4cnn5cccnc45)cc31)OCCN2. The molecule has 0 radical (unpaired) electrons. The lowest BCUT2D eigenvalue weighted by molar-refractivity contribution is 0.322. The van der Waals surface area contributed by atoms with Gasteiger partial charge in [-0.15, -0.1) is 5.10 Å². The molecule has 11 nitrogen and oxygen atoms in total. The number of hydrogen-bond donors (Lipinski definition) is 2. The minimum absolute atomic E-state index is 0.603. The van der Waals surface area contributed by atoms with Gasteiger partial charge in [-0.2, -0.15) is 5.10 Å². The molecule has 11 heteroatoms. The van der Waals surface area contributed by atoms with Crippen molar-refractivity contribution in [2.24, 2.45) is 0 Å². The molecule has 5 heterocycles. The molecule has 36 heavy (non-hydrogen) atoms. The summed E-state index contributed by atoms with van der Waals surface area (Å²) in [6.07, 6.45) is 7.25. The first-order valence-electron chi connectivity index (χ1n) is 11.8. The fourth-order valence-electron chi connectivity index (χ4n) is 4.36. The van der Waals surface area contributed by atoms with Crippen LogP contribution in [0.5, 0.6) is 11.5 Å². The van der Waals surface area contributed by atoms with Crippen molar-refractivity contribution in [2.45, 2.75) is 0 Å². The second-order valence-corrected chi connectivity index (χ2v) is 8.82. The van der Waals surface area contributed by atoms with Crippen LogP contribution < -0.4 is 20.1 Å². The van der Waals surface area contributed by atoms with E-state index in [0.29, 0.717) is 12.4 Å². The molecule has 0 unspecified atom stereocenters. The third kappa shape index (κ3) is 3.83. The van der Waals surface area contributed by atoms with Gasteiger partial charge in [0.15, 0.2) is 11.5 Å². The van der Waals surface area contributed by atoms with Gasteiger partial charge in [-0.25, -0.2) is 14.2 Å². The Hall–Kier alpha value is -4.38. The minimum Gasteiger partial charge on any atom is -0.494 e. The van der Waals surface area contributed by atoms with Crippen molar-refractivity contribution in [1.82, 2.24) is 34.3 Å². The van der Waals surface area contributed by atoms with E-state index in [4.69, 9.17) is 19.6 Å². The van der Waals surface area contributed by atoms with E-state index >= 15 is 0 Å². The maximum Gasteiger partial charge on any atom is 0.164 e. The van der Waals surface area contributed by atoms with Gasteiger partial charge in [-0.3, -0.25) is 4.98 Å². The number of nitrogens with zero attached hydrogens (tertiary/aromatic N) is 7. The average Bonchev–Trinajstić information content (AvgIpc) is 3.49. The Labute approximate surface area is 207 Å². The second kappa shape index (κ2) is 9.00. The van der Waals surface area contributed by atoms with Crippen molar-refractivity contribution < 1.29 is 9.47 Å². The molecule has 0 amide bonds. The molecule has 0 fully saturated rings. The molecule has 6 rings (SSSR count). The van der Waals surface area contributed by atoms with Gasteiger partial charge >= 0.3 is 0 Å². The minimum atomic E-state index is 0.603. The lowest BCUT2D eigenvalue weighted by Gasteiger charge is -2.21. The van der Waals surface area contributed by atoms with E-state index < -0.39 is 0 Å². The summed E-state index contributed by atoms with van der Waals surface area (Å²) >= 11 is 0. The van der Waals surface area contributed by atoms with Gasteiger partial charge in [-0.1, -0.05) is 0 Å². The van der Waals surface area contributed by atoms with Crippen LogP contribution in [-0.4, -0.2) is 81.7 Å². The van der Waals surface area contributed by atoms with E-state index in [2.05, 4.69) is 25.6 Å². The number of methoxy groups -OCH3 is 1. The van der Waals surface area contributed by atoms with Crippen LogP contribution in [0.2, 0.25) is 0 Å². The number of aromatic nitrogens is 6. The van der Waals surface area contributed by atoms with Crippen molar-refractivity contribution in [2.75, 3.05) is 58.1 Å². The highest BCUT2D eigenvalue weighted by atomic mass is 16.5. The lowest BCUT2D eigenvalue weighted by atomic mass is 10.1. The number of likely N-dealkylation sites (N-methyl/N-ethyl adjacent to an activating group) is 1. The Bertz CT molecular complexity index is 1560. The number of fused-ring (bicyclic) bond motifs is 3. The topological polar surface area (TPSA) is 107 Å². The number of anilines is 2. The van der Waals surface area contributed by atoms with Gasteiger partial charge in [0.2, 0.25) is 0 Å². The summed E-state index contributed by atoms with van der Waals surface area (Å²) in [6.45, 7) is 2.97. The summed E-state index contributed by atoms with van der Waals surface area (Å²) in [4.78, 5) is 11.4. The number of pyridine rings is 1. The maximum absolute atomic E-state index is 5.91. The Kier molecular flexibility index (Phi) is 5.53. The number of hydrogen-bond acceptors (Lipinski definition) is 9. The van der Waals surface area contributed by atoms with Crippen LogP contribution >= 0.6 is 0 Å². The van der Waals surface area contributed by atoms with Crippen molar-refractivity contribution >= 4 is 28.1 Å². The normalized spacial score (nSPS) is 13.0. The summed E-state index contributed by atoms with van der Waals surface area (Å²) in [6, 6.07) is 7.78. The molecule has 4 aromatic heterocycles. The van der Waals surface area contributed by atoms with E-state index in [1.807, 2.05) is 55.4 Å². The smallest absolute Gasteiger partial charge is 0.164 e. The molecule has 2 N–H and O–H groups in total. The van der Waals surface area contributed by atoms with Crippen LogP contribution in [0, 0.1) is 0 Å². The van der Waals surface area contributed by atoms with Crippen LogP contribution in [0.3, 0.4) is 0 Å². The quantitative estimate of drug-likeness (QED) is 0.360. The molecule has 5 aromatic rings. The second-order valence-electron chi connectivity index (χ2n) is 8.82. The molecule has 1 aromatic carbocycles. The van der Waals surface area contributed by atoms with Crippen molar-refractivity contribution in [3.05, 3.63) is 49.1 Å². The van der Waals surface area contributed by atoms with Gasteiger partial charge in [0.1, 0.15) is 23.8 Å². The Balaban J connectivity index is 1.53. The predicted octanol–water partition coefficient (Wildman–Crippen LogP) is 2.92. The van der Waals surface area contributed by atoms with Gasteiger partial charge in [0.25, 0.3) is 0 Å². The molecule has 184 valence electrons. The molecule has 0 atom stereocenters. The van der Waals surface area contributed by atoms with Crippen LogP contribution in [0.1, 0.15) is 0 Å². The van der Waals surface area contributed by atoms with Crippen LogP contribution in [-0.2, 0) is 0 Å². The molecule has 1 aliphatic rings. The summed E-state index contributed by atoms with van der Waals surface area (Å²) in [5.41, 5.74) is 4.91. The van der Waals surface area contributed by atoms with Crippen LogP contribution in [0.25, 0.3) is 33.5 Å². The van der Waals surface area contributed by atoms with Crippen molar-refractivity contribution in [1.29, 1.82) is 0 Å². The number of ether oxygens (including phenoxy) is 2. The predicted molar refractivity (Wildman–Crippen MR) is 138 cm³/mol. The summed E-state index contributed by atoms with van der Waals surface area (Å²) < 4.78 is 15.3. The first-order valence-corrected chi connectivity index (χ1v) is 11.8. The monoisotopic (exact) mass is 485 g/mol. The standard InChI is InChI=1S/C25H27N9O2/c1-32(2)9-6-27-24-17-14-29-18(16-15-30-33-8-4-5-28-25(16)33)11-20(17)34(31-24)21-13-22-19(12-23(21)35-3)26-7-10-36-22/h4-5,8,11-15,26H,6-7,9-10H2,1-3H3,(H,27,31). The summed E-state index contributed by atoms with van der Waals surface area (Å²) in [7, 11) is 5.75. The maximum atomic E-state index is 5.91. The number of nitrogens with one attached hydrogen (secondary N) is 2. The van der Waals surface area contributed by atoms with E-state index in [9.17, 15) is 0 Å². The molecule has 0 aliphatic carbocycles. The third-order valence-electron chi connectivity index (χ3n) is 6.16. The Morgan fingerprint density at radius 2 is 2.11 bits per heavy atom. The number of benzene rings is 1. The molecular weight excluding hydrogens is 458 g/mol. The molecule has 0 saturated heterocycles. The highest BCUT2D eigenvalue weighted by Gasteiger charge is 2.21. The third-order valence-corrected chi connectivity index (χ3v) is 6.16. The van der Waals surface area contributed by atoms with Gasteiger partial charge in [-0.05, 0) is 26.2 Å². The molecular formula is C25H27N9O2. The zero-order chi connectivity index (χ0) is 24.6. The van der Waals surface area contributed by atoms with Gasteiger partial charge in [0, 0.05) is 50.4 Å². The van der Waals surface area contributed by atoms with E-state index in [-0.39, 0.29) is 0 Å². The van der Waals surface area contributed by atoms with E-state index in [1.165, 1.54) is 0 Å². The fourth-order valence-corrected chi connectivity index (χ4v) is 4.36. The van der Waals surface area contributed by atoms with E-state index in [0.717, 1.165) is 70.4 Å². The van der Waals surface area contributed by atoms with Crippen LogP contribution in [0.15, 0.2) is 49.1 Å². The van der Waals surface area contributed by atoms with E-state index in [1.54, 1.807) is 24.0 Å². The zero-order valence-electron chi connectivity index (χ0n) is 20.4. The highest BCUT2D eigenvalue weighted by molar-refractivity contribution is 5.94. The molecule has 0 bridgehead atoms. The molecule has 0 spiro atoms. The van der Waals surface area contributed by atoms with Crippen molar-refractivity contribution in [3.8, 4) is 28.4 Å². The van der Waals surface area contributed by atoms with Crippen molar-refractivity contribution in [3.63, 3.8) is 0 Å². The lowest BCUT2D eigenvalue weighted by Crippen LogP contribution is -2.21. The first kappa shape index (κ1) is 22.1.